The van der Waals surface area contributed by atoms with E-state index in [1.807, 2.05) is 0 Å². The molecule has 2 aromatic rings. The van der Waals surface area contributed by atoms with Crippen molar-refractivity contribution < 1.29 is 14.8 Å². The van der Waals surface area contributed by atoms with Gasteiger partial charge in [0.1, 0.15) is 5.75 Å². The average Bonchev–Trinajstić information content (AvgIpc) is 2.84. The van der Waals surface area contributed by atoms with E-state index in [0.29, 0.717) is 10.7 Å². The molecular formula is C14H15ClN4O4. The zero-order valence-electron chi connectivity index (χ0n) is 12.5. The second-order valence-electron chi connectivity index (χ2n) is 5.13. The molecule has 0 saturated carbocycles. The molecule has 2 N–H and O–H groups in total. The van der Waals surface area contributed by atoms with Crippen molar-refractivity contribution in [1.29, 1.82) is 0 Å². The number of hydrogen-bond acceptors (Lipinski definition) is 5. The molecule has 1 aromatic carbocycles. The van der Waals surface area contributed by atoms with E-state index in [1.165, 1.54) is 28.9 Å². The Hall–Kier alpha value is -2.61. The van der Waals surface area contributed by atoms with Crippen LogP contribution in [0.15, 0.2) is 24.3 Å². The smallest absolute Gasteiger partial charge is 0.390 e. The minimum absolute atomic E-state index is 0.0964. The molecule has 0 radical (unpaired) electrons. The maximum atomic E-state index is 12.2. The topological polar surface area (TPSA) is 110 Å². The first-order valence-corrected chi connectivity index (χ1v) is 7.14. The molecule has 23 heavy (non-hydrogen) atoms. The summed E-state index contributed by atoms with van der Waals surface area (Å²) in [6.07, 6.45) is 0. The predicted octanol–water partition coefficient (Wildman–Crippen LogP) is 2.73. The molecule has 8 nitrogen and oxygen atoms in total. The Kier molecular flexibility index (Phi) is 4.85. The number of rotatable bonds is 5. The van der Waals surface area contributed by atoms with Gasteiger partial charge >= 0.3 is 5.82 Å². The minimum Gasteiger partial charge on any atom is -0.506 e. The highest BCUT2D eigenvalue weighted by atomic mass is 35.5. The number of nitro groups is 1. The van der Waals surface area contributed by atoms with Crippen LogP contribution < -0.4 is 5.32 Å². The summed E-state index contributed by atoms with van der Waals surface area (Å²) in [4.78, 5) is 22.3. The summed E-state index contributed by atoms with van der Waals surface area (Å²) < 4.78 is 1.40. The van der Waals surface area contributed by atoms with Crippen molar-refractivity contribution in [3.8, 4) is 5.75 Å². The minimum atomic E-state index is -0.585. The van der Waals surface area contributed by atoms with E-state index in [1.54, 1.807) is 13.8 Å². The third-order valence-corrected chi connectivity index (χ3v) is 3.50. The quantitative estimate of drug-likeness (QED) is 0.494. The van der Waals surface area contributed by atoms with Gasteiger partial charge in [-0.15, -0.1) is 0 Å². The molecule has 122 valence electrons. The van der Waals surface area contributed by atoms with Gasteiger partial charge in [-0.2, -0.15) is 4.68 Å². The van der Waals surface area contributed by atoms with Crippen LogP contribution in [0, 0.1) is 23.0 Å². The first-order valence-electron chi connectivity index (χ1n) is 6.76. The number of aromatic hydroxyl groups is 1. The molecule has 1 unspecified atom stereocenters. The first-order chi connectivity index (χ1) is 10.8. The average molecular weight is 339 g/mol. The number of nitrogens with one attached hydrogen (secondary N) is 1. The fourth-order valence-corrected chi connectivity index (χ4v) is 2.15. The van der Waals surface area contributed by atoms with Crippen LogP contribution in [0.25, 0.3) is 0 Å². The van der Waals surface area contributed by atoms with Crippen LogP contribution in [0.1, 0.15) is 12.6 Å². The molecule has 0 fully saturated rings. The van der Waals surface area contributed by atoms with Gasteiger partial charge in [0.2, 0.25) is 5.91 Å². The van der Waals surface area contributed by atoms with E-state index in [-0.39, 0.29) is 29.7 Å². The van der Waals surface area contributed by atoms with E-state index in [4.69, 9.17) is 11.6 Å². The summed E-state index contributed by atoms with van der Waals surface area (Å²) in [6.45, 7) is 3.50. The molecule has 1 atom stereocenters. The number of phenols is 1. The number of halogens is 1. The van der Waals surface area contributed by atoms with Crippen LogP contribution in [0.4, 0.5) is 11.5 Å². The first kappa shape index (κ1) is 16.8. The molecule has 0 bridgehead atoms. The molecule has 9 heteroatoms. The van der Waals surface area contributed by atoms with Gasteiger partial charge in [-0.3, -0.25) is 4.79 Å². The zero-order valence-corrected chi connectivity index (χ0v) is 13.2. The SMILES string of the molecule is Cc1cc([N+](=O)[O-])nn1CC(C)C(=O)Nc1cc(Cl)ccc1O. The Morgan fingerprint density at radius 2 is 2.22 bits per heavy atom. The van der Waals surface area contributed by atoms with Crippen LogP contribution in [0.5, 0.6) is 5.75 Å². The Labute approximate surface area is 136 Å². The molecule has 1 heterocycles. The number of anilines is 1. The van der Waals surface area contributed by atoms with Crippen molar-refractivity contribution in [3.63, 3.8) is 0 Å². The van der Waals surface area contributed by atoms with E-state index in [9.17, 15) is 20.0 Å². The van der Waals surface area contributed by atoms with Crippen molar-refractivity contribution in [3.05, 3.63) is 45.1 Å². The summed E-state index contributed by atoms with van der Waals surface area (Å²) in [5.74, 6) is -1.24. The van der Waals surface area contributed by atoms with Gasteiger partial charge in [-0.1, -0.05) is 18.5 Å². The van der Waals surface area contributed by atoms with Crippen molar-refractivity contribution in [1.82, 2.24) is 9.78 Å². The molecule has 0 aliphatic carbocycles. The molecule has 0 aliphatic heterocycles. The van der Waals surface area contributed by atoms with Crippen LogP contribution in [0.2, 0.25) is 5.02 Å². The number of hydrogen-bond donors (Lipinski definition) is 2. The number of benzene rings is 1. The Bertz CT molecular complexity index is 759. The van der Waals surface area contributed by atoms with Gasteiger partial charge in [0.05, 0.1) is 35.0 Å². The highest BCUT2D eigenvalue weighted by Gasteiger charge is 2.21. The fourth-order valence-electron chi connectivity index (χ4n) is 1.97. The van der Waals surface area contributed by atoms with Gasteiger partial charge < -0.3 is 20.5 Å². The number of phenolic OH excluding ortho intramolecular Hbond substituents is 1. The largest absolute Gasteiger partial charge is 0.506 e. The maximum Gasteiger partial charge on any atom is 0.390 e. The van der Waals surface area contributed by atoms with Crippen molar-refractivity contribution in [2.24, 2.45) is 5.92 Å². The van der Waals surface area contributed by atoms with E-state index >= 15 is 0 Å². The number of carbonyl (C=O) groups is 1. The van der Waals surface area contributed by atoms with Crippen LogP contribution in [-0.2, 0) is 11.3 Å². The fraction of sp³-hybridized carbons (Fsp3) is 0.286. The molecule has 0 aliphatic rings. The highest BCUT2D eigenvalue weighted by molar-refractivity contribution is 6.31. The standard InChI is InChI=1S/C14H15ClN4O4/c1-8(7-18-9(2)5-13(17-18)19(22)23)14(21)16-11-6-10(15)3-4-12(11)20/h3-6,8,20H,7H2,1-2H3,(H,16,21). The van der Waals surface area contributed by atoms with Crippen molar-refractivity contribution in [2.45, 2.75) is 20.4 Å². The number of amides is 1. The normalized spacial score (nSPS) is 12.0. The number of nitrogens with zero attached hydrogens (tertiary/aromatic N) is 3. The number of carbonyl (C=O) groups excluding carboxylic acids is 1. The lowest BCUT2D eigenvalue weighted by molar-refractivity contribution is -0.389. The van der Waals surface area contributed by atoms with Crippen molar-refractivity contribution >= 4 is 29.0 Å². The van der Waals surface area contributed by atoms with Crippen LogP contribution in [-0.4, -0.2) is 25.7 Å². The molecular weight excluding hydrogens is 324 g/mol. The van der Waals surface area contributed by atoms with E-state index in [2.05, 4.69) is 10.4 Å². The Morgan fingerprint density at radius 1 is 1.52 bits per heavy atom. The third kappa shape index (κ3) is 3.98. The van der Waals surface area contributed by atoms with Gasteiger partial charge in [0.25, 0.3) is 0 Å². The summed E-state index contributed by atoms with van der Waals surface area (Å²) in [5.41, 5.74) is 0.791. The van der Waals surface area contributed by atoms with E-state index in [0.717, 1.165) is 0 Å². The Balaban J connectivity index is 2.08. The second kappa shape index (κ2) is 6.66. The van der Waals surface area contributed by atoms with Gasteiger partial charge in [-0.25, -0.2) is 0 Å². The number of aryl methyl sites for hydroxylation is 1. The summed E-state index contributed by atoms with van der Waals surface area (Å²) in [6, 6.07) is 5.66. The second-order valence-corrected chi connectivity index (χ2v) is 5.57. The lowest BCUT2D eigenvalue weighted by atomic mass is 10.1. The van der Waals surface area contributed by atoms with Gasteiger partial charge in [0, 0.05) is 5.02 Å². The lowest BCUT2D eigenvalue weighted by Crippen LogP contribution is -2.25. The van der Waals surface area contributed by atoms with Crippen LogP contribution in [0.3, 0.4) is 0 Å². The highest BCUT2D eigenvalue weighted by Crippen LogP contribution is 2.27. The molecule has 2 rings (SSSR count). The van der Waals surface area contributed by atoms with Gasteiger partial charge in [0.15, 0.2) is 0 Å². The third-order valence-electron chi connectivity index (χ3n) is 3.27. The molecule has 1 amide bonds. The number of aromatic nitrogens is 2. The van der Waals surface area contributed by atoms with Crippen LogP contribution >= 0.6 is 11.6 Å². The lowest BCUT2D eigenvalue weighted by Gasteiger charge is -2.12. The molecule has 1 aromatic heterocycles. The Morgan fingerprint density at radius 3 is 2.83 bits per heavy atom. The molecule has 0 spiro atoms. The summed E-state index contributed by atoms with van der Waals surface area (Å²) in [7, 11) is 0. The van der Waals surface area contributed by atoms with E-state index < -0.39 is 10.8 Å². The van der Waals surface area contributed by atoms with Crippen molar-refractivity contribution in [2.75, 3.05) is 5.32 Å². The predicted molar refractivity (Wildman–Crippen MR) is 84.5 cm³/mol. The maximum absolute atomic E-state index is 12.2. The zero-order chi connectivity index (χ0) is 17.1. The monoisotopic (exact) mass is 338 g/mol. The van der Waals surface area contributed by atoms with Gasteiger partial charge in [-0.05, 0) is 30.0 Å². The molecule has 0 saturated heterocycles. The summed E-state index contributed by atoms with van der Waals surface area (Å²) in [5, 5.41) is 27.2. The summed E-state index contributed by atoms with van der Waals surface area (Å²) >= 11 is 5.82.